The van der Waals surface area contributed by atoms with Crippen molar-refractivity contribution in [2.75, 3.05) is 0 Å². The Hall–Kier alpha value is -1.46. The fraction of sp³-hybridized carbons (Fsp3) is 0.0476. The second-order valence-electron chi connectivity index (χ2n) is 5.98. The Bertz CT molecular complexity index is 1010. The van der Waals surface area contributed by atoms with Crippen molar-refractivity contribution in [3.63, 3.8) is 0 Å². The van der Waals surface area contributed by atoms with Crippen LogP contribution in [0.2, 0.25) is 0 Å². The molecule has 3 aromatic rings. The maximum absolute atomic E-state index is 13.1. The van der Waals surface area contributed by atoms with Gasteiger partial charge in [-0.1, -0.05) is 96.3 Å². The van der Waals surface area contributed by atoms with Gasteiger partial charge in [0.25, 0.3) is 10.1 Å². The molecule has 0 atom stereocenters. The Labute approximate surface area is 188 Å². The Morgan fingerprint density at radius 1 is 0.821 bits per heavy atom. The second-order valence-corrected chi connectivity index (χ2v) is 9.79. The topological polar surface area (TPSA) is 77.4 Å². The Morgan fingerprint density at radius 2 is 1.25 bits per heavy atom. The molecule has 0 heterocycles. The van der Waals surface area contributed by atoms with E-state index in [1.807, 2.05) is 19.1 Å². The third kappa shape index (κ3) is 5.32. The summed E-state index contributed by atoms with van der Waals surface area (Å²) in [6.07, 6.45) is 0. The zero-order chi connectivity index (χ0) is 19.4. The van der Waals surface area contributed by atoms with Crippen molar-refractivity contribution < 1.29 is 47.6 Å². The quantitative estimate of drug-likeness (QED) is 0.273. The molecule has 1 N–H and O–H groups in total. The zero-order valence-electron chi connectivity index (χ0n) is 15.6. The predicted molar refractivity (Wildman–Crippen MR) is 109 cm³/mol. The van der Waals surface area contributed by atoms with Gasteiger partial charge in [-0.3, -0.25) is 4.55 Å². The first-order valence-corrected chi connectivity index (χ1v) is 11.0. The van der Waals surface area contributed by atoms with Gasteiger partial charge in [-0.05, 0) is 23.1 Å². The summed E-state index contributed by atoms with van der Waals surface area (Å²) >= 11 is 0. The van der Waals surface area contributed by atoms with E-state index >= 15 is 0 Å². The molecule has 138 valence electrons. The summed E-state index contributed by atoms with van der Waals surface area (Å²) < 4.78 is 34.1. The largest absolute Gasteiger partial charge is 1.00 e. The molecule has 0 aliphatic heterocycles. The van der Waals surface area contributed by atoms with Crippen LogP contribution >= 0.6 is 7.92 Å². The molecule has 0 saturated heterocycles. The number of rotatable bonds is 5. The van der Waals surface area contributed by atoms with Crippen LogP contribution in [0.5, 0.6) is 0 Å². The van der Waals surface area contributed by atoms with Crippen LogP contribution < -0.4 is 45.3 Å². The molecule has 0 fully saturated rings. The Kier molecular flexibility index (Phi) is 8.02. The second kappa shape index (κ2) is 9.84. The number of hydrogen-bond acceptors (Lipinski definition) is 3. The standard InChI is InChI=1S/C21H19O4PS.Na/c1-16-12-14-17(15-13-16)20(22)21(27(23,24)25)26(18-8-4-2-5-9-18)19-10-6-3-7-11-19;/h2-15,22H,1H3,(H,23,24,25);/q;+1/p-1/b21-20+;. The maximum Gasteiger partial charge on any atom is 1.00 e. The van der Waals surface area contributed by atoms with Crippen LogP contribution in [-0.4, -0.2) is 13.0 Å². The van der Waals surface area contributed by atoms with E-state index in [-0.39, 0.29) is 35.1 Å². The van der Waals surface area contributed by atoms with E-state index in [4.69, 9.17) is 0 Å². The molecule has 7 heteroatoms. The van der Waals surface area contributed by atoms with Crippen LogP contribution in [0.3, 0.4) is 0 Å². The van der Waals surface area contributed by atoms with Crippen molar-refractivity contribution in [2.45, 2.75) is 6.92 Å². The van der Waals surface area contributed by atoms with Crippen molar-refractivity contribution in [3.8, 4) is 0 Å². The molecule has 0 saturated carbocycles. The van der Waals surface area contributed by atoms with Gasteiger partial charge in [0.05, 0.1) is 4.65 Å². The van der Waals surface area contributed by atoms with Gasteiger partial charge in [0.1, 0.15) is 0 Å². The molecular formula is C21H18NaO4PS. The summed E-state index contributed by atoms with van der Waals surface area (Å²) in [6.45, 7) is 1.88. The average Bonchev–Trinajstić information content (AvgIpc) is 2.66. The smallest absolute Gasteiger partial charge is 0.871 e. The van der Waals surface area contributed by atoms with Gasteiger partial charge in [-0.2, -0.15) is 8.42 Å². The fourth-order valence-electron chi connectivity index (χ4n) is 2.70. The summed E-state index contributed by atoms with van der Waals surface area (Å²) in [5.41, 5.74) is 1.18. The van der Waals surface area contributed by atoms with Gasteiger partial charge in [0.2, 0.25) is 0 Å². The summed E-state index contributed by atoms with van der Waals surface area (Å²) in [4.78, 5) is 0. The normalized spacial score (nSPS) is 12.2. The molecule has 0 aliphatic rings. The van der Waals surface area contributed by atoms with Crippen molar-refractivity contribution in [2.24, 2.45) is 0 Å². The van der Waals surface area contributed by atoms with E-state index in [0.717, 1.165) is 5.56 Å². The van der Waals surface area contributed by atoms with Gasteiger partial charge >= 0.3 is 29.6 Å². The van der Waals surface area contributed by atoms with Crippen LogP contribution in [0.1, 0.15) is 11.1 Å². The minimum Gasteiger partial charge on any atom is -0.871 e. The van der Waals surface area contributed by atoms with Crippen molar-refractivity contribution in [1.82, 2.24) is 0 Å². The molecule has 0 aromatic heterocycles. The van der Waals surface area contributed by atoms with E-state index in [1.165, 1.54) is 0 Å². The van der Waals surface area contributed by atoms with E-state index in [1.54, 1.807) is 72.8 Å². The zero-order valence-corrected chi connectivity index (χ0v) is 19.3. The van der Waals surface area contributed by atoms with Crippen LogP contribution in [-0.2, 0) is 10.1 Å². The van der Waals surface area contributed by atoms with Gasteiger partial charge in [-0.25, -0.2) is 0 Å². The fourth-order valence-corrected chi connectivity index (χ4v) is 6.65. The van der Waals surface area contributed by atoms with E-state index < -0.39 is 28.4 Å². The average molecular weight is 420 g/mol. The van der Waals surface area contributed by atoms with Crippen LogP contribution in [0.25, 0.3) is 5.76 Å². The summed E-state index contributed by atoms with van der Waals surface area (Å²) in [6, 6.07) is 24.5. The number of aryl methyl sites for hydroxylation is 1. The Balaban J connectivity index is 0.00000280. The first-order valence-electron chi connectivity index (χ1n) is 8.24. The Morgan fingerprint density at radius 3 is 1.64 bits per heavy atom. The van der Waals surface area contributed by atoms with Gasteiger partial charge in [-0.15, -0.1) is 0 Å². The minimum atomic E-state index is -4.72. The molecule has 0 unspecified atom stereocenters. The van der Waals surface area contributed by atoms with E-state index in [9.17, 15) is 18.1 Å². The SMILES string of the molecule is Cc1ccc(/C([O-])=C(/P(c2ccccc2)c2ccccc2)S(=O)(=O)O)cc1.[Na+]. The van der Waals surface area contributed by atoms with E-state index in [2.05, 4.69) is 0 Å². The molecule has 0 bridgehead atoms. The van der Waals surface area contributed by atoms with Crippen LogP contribution in [0.4, 0.5) is 0 Å². The third-order valence-electron chi connectivity index (χ3n) is 3.98. The monoisotopic (exact) mass is 420 g/mol. The summed E-state index contributed by atoms with van der Waals surface area (Å²) in [5.74, 6) is -0.684. The maximum atomic E-state index is 13.1. The third-order valence-corrected chi connectivity index (χ3v) is 8.14. The molecule has 0 radical (unpaired) electrons. The summed E-state index contributed by atoms with van der Waals surface area (Å²) in [5, 5.41) is 14.5. The van der Waals surface area contributed by atoms with Gasteiger partial charge in [0.15, 0.2) is 0 Å². The van der Waals surface area contributed by atoms with E-state index in [0.29, 0.717) is 10.6 Å². The summed E-state index contributed by atoms with van der Waals surface area (Å²) in [7, 11) is -6.47. The van der Waals surface area contributed by atoms with Crippen molar-refractivity contribution in [3.05, 3.63) is 101 Å². The van der Waals surface area contributed by atoms with Crippen LogP contribution in [0.15, 0.2) is 89.6 Å². The van der Waals surface area contributed by atoms with Gasteiger partial charge in [0, 0.05) is 7.92 Å². The predicted octanol–water partition coefficient (Wildman–Crippen LogP) is 0.00612. The molecule has 0 amide bonds. The molecule has 4 nitrogen and oxygen atoms in total. The molecular weight excluding hydrogens is 402 g/mol. The number of benzene rings is 3. The van der Waals surface area contributed by atoms with Gasteiger partial charge < -0.3 is 5.11 Å². The first kappa shape index (κ1) is 22.8. The minimum absolute atomic E-state index is 0. The van der Waals surface area contributed by atoms with Crippen molar-refractivity contribution in [1.29, 1.82) is 0 Å². The molecule has 3 rings (SSSR count). The molecule has 0 spiro atoms. The molecule has 0 aliphatic carbocycles. The number of hydrogen-bond donors (Lipinski definition) is 1. The van der Waals surface area contributed by atoms with Crippen LogP contribution in [0, 0.1) is 6.92 Å². The molecule has 3 aromatic carbocycles. The first-order chi connectivity index (χ1) is 12.9. The molecule has 28 heavy (non-hydrogen) atoms. The van der Waals surface area contributed by atoms with Crippen molar-refractivity contribution >= 4 is 34.4 Å².